The minimum absolute atomic E-state index is 0.150. The van der Waals surface area contributed by atoms with E-state index in [1.54, 1.807) is 0 Å². The maximum atomic E-state index is 12.5. The number of hydrogen-bond donors (Lipinski definition) is 2. The maximum absolute atomic E-state index is 12.5. The van der Waals surface area contributed by atoms with Gasteiger partial charge in [0.2, 0.25) is 5.91 Å². The van der Waals surface area contributed by atoms with E-state index in [9.17, 15) is 9.59 Å². The molecular weight excluding hydrogens is 362 g/mol. The zero-order valence-electron chi connectivity index (χ0n) is 16.6. The highest BCUT2D eigenvalue weighted by Gasteiger charge is 2.21. The van der Waals surface area contributed by atoms with Crippen LogP contribution in [0.15, 0.2) is 60.7 Å². The molecule has 0 radical (unpaired) electrons. The molecule has 0 aromatic heterocycles. The fourth-order valence-corrected chi connectivity index (χ4v) is 3.84. The molecule has 1 saturated heterocycles. The molecule has 0 aliphatic carbocycles. The van der Waals surface area contributed by atoms with E-state index in [4.69, 9.17) is 0 Å². The summed E-state index contributed by atoms with van der Waals surface area (Å²) < 4.78 is 0. The highest BCUT2D eigenvalue weighted by atomic mass is 16.2. The van der Waals surface area contributed by atoms with Gasteiger partial charge in [0.15, 0.2) is 0 Å². The molecule has 5 nitrogen and oxygen atoms in total. The number of benzene rings is 3. The van der Waals surface area contributed by atoms with Crippen LogP contribution in [0.25, 0.3) is 10.8 Å². The molecular formula is C24H25N3O2. The third-order valence-corrected chi connectivity index (χ3v) is 5.40. The van der Waals surface area contributed by atoms with Gasteiger partial charge in [-0.05, 0) is 53.8 Å². The van der Waals surface area contributed by atoms with Crippen molar-refractivity contribution in [2.45, 2.75) is 32.7 Å². The van der Waals surface area contributed by atoms with Crippen LogP contribution in [0, 0.1) is 6.92 Å². The van der Waals surface area contributed by atoms with Gasteiger partial charge < -0.3 is 15.5 Å². The summed E-state index contributed by atoms with van der Waals surface area (Å²) in [6.45, 7) is 3.16. The normalized spacial score (nSPS) is 14.1. The van der Waals surface area contributed by atoms with E-state index in [2.05, 4.69) is 28.8 Å². The second kappa shape index (κ2) is 8.35. The Hall–Kier alpha value is -3.34. The highest BCUT2D eigenvalue weighted by molar-refractivity contribution is 5.96. The SMILES string of the molecule is Cc1ccc(NC(=O)NCc2cccc3ccccc23)cc1N1CCCCC1=O. The molecule has 4 rings (SSSR count). The third kappa shape index (κ3) is 4.24. The predicted molar refractivity (Wildman–Crippen MR) is 117 cm³/mol. The second-order valence-electron chi connectivity index (χ2n) is 7.45. The number of hydrogen-bond acceptors (Lipinski definition) is 2. The Bertz CT molecular complexity index is 1060. The molecule has 0 saturated carbocycles. The summed E-state index contributed by atoms with van der Waals surface area (Å²) in [5.74, 6) is 0.150. The molecule has 0 atom stereocenters. The molecule has 0 bridgehead atoms. The number of urea groups is 1. The van der Waals surface area contributed by atoms with Gasteiger partial charge >= 0.3 is 6.03 Å². The zero-order chi connectivity index (χ0) is 20.2. The number of rotatable bonds is 4. The van der Waals surface area contributed by atoms with Crippen molar-refractivity contribution in [3.05, 3.63) is 71.8 Å². The molecule has 1 fully saturated rings. The summed E-state index contributed by atoms with van der Waals surface area (Å²) in [5, 5.41) is 8.12. The Morgan fingerprint density at radius 1 is 1.03 bits per heavy atom. The minimum Gasteiger partial charge on any atom is -0.334 e. The molecule has 5 heteroatoms. The van der Waals surface area contributed by atoms with Crippen LogP contribution in [-0.4, -0.2) is 18.5 Å². The average molecular weight is 387 g/mol. The van der Waals surface area contributed by atoms with Crippen molar-refractivity contribution in [3.63, 3.8) is 0 Å². The number of carbonyl (C=O) groups is 2. The van der Waals surface area contributed by atoms with Gasteiger partial charge in [0.25, 0.3) is 0 Å². The molecule has 1 aliphatic heterocycles. The third-order valence-electron chi connectivity index (χ3n) is 5.40. The molecule has 1 heterocycles. The van der Waals surface area contributed by atoms with E-state index < -0.39 is 0 Å². The van der Waals surface area contributed by atoms with E-state index in [0.717, 1.165) is 47.0 Å². The Kier molecular flexibility index (Phi) is 5.47. The summed E-state index contributed by atoms with van der Waals surface area (Å²) in [5.41, 5.74) is 3.66. The van der Waals surface area contributed by atoms with Crippen molar-refractivity contribution in [2.24, 2.45) is 0 Å². The number of aryl methyl sites for hydroxylation is 1. The molecule has 3 amide bonds. The smallest absolute Gasteiger partial charge is 0.319 e. The number of carbonyl (C=O) groups excluding carboxylic acids is 2. The van der Waals surface area contributed by atoms with Crippen LogP contribution in [0.3, 0.4) is 0 Å². The first-order chi connectivity index (χ1) is 14.1. The average Bonchev–Trinajstić information content (AvgIpc) is 2.74. The van der Waals surface area contributed by atoms with Gasteiger partial charge in [-0.1, -0.05) is 48.5 Å². The first-order valence-electron chi connectivity index (χ1n) is 10.0. The number of nitrogens with zero attached hydrogens (tertiary/aromatic N) is 1. The van der Waals surface area contributed by atoms with E-state index in [1.807, 2.05) is 54.3 Å². The Labute approximate surface area is 170 Å². The van der Waals surface area contributed by atoms with Crippen molar-refractivity contribution in [1.29, 1.82) is 0 Å². The Morgan fingerprint density at radius 2 is 1.86 bits per heavy atom. The van der Waals surface area contributed by atoms with Crippen molar-refractivity contribution in [3.8, 4) is 0 Å². The minimum atomic E-state index is -0.266. The Balaban J connectivity index is 1.44. The molecule has 3 aromatic carbocycles. The second-order valence-corrected chi connectivity index (χ2v) is 7.45. The highest BCUT2D eigenvalue weighted by Crippen LogP contribution is 2.27. The van der Waals surface area contributed by atoms with Gasteiger partial charge in [0, 0.05) is 30.9 Å². The lowest BCUT2D eigenvalue weighted by Crippen LogP contribution is -2.35. The van der Waals surface area contributed by atoms with Gasteiger partial charge in [-0.2, -0.15) is 0 Å². The van der Waals surface area contributed by atoms with Gasteiger partial charge in [-0.3, -0.25) is 4.79 Å². The summed E-state index contributed by atoms with van der Waals surface area (Å²) >= 11 is 0. The van der Waals surface area contributed by atoms with Crippen LogP contribution in [0.1, 0.15) is 30.4 Å². The van der Waals surface area contributed by atoms with Crippen LogP contribution in [0.5, 0.6) is 0 Å². The lowest BCUT2D eigenvalue weighted by Gasteiger charge is -2.28. The van der Waals surface area contributed by atoms with Crippen LogP contribution in [0.2, 0.25) is 0 Å². The van der Waals surface area contributed by atoms with E-state index in [1.165, 1.54) is 0 Å². The first-order valence-corrected chi connectivity index (χ1v) is 10.0. The first kappa shape index (κ1) is 19.0. The number of fused-ring (bicyclic) bond motifs is 1. The summed E-state index contributed by atoms with van der Waals surface area (Å²) in [4.78, 5) is 26.6. The molecule has 3 aromatic rings. The van der Waals surface area contributed by atoms with Crippen molar-refractivity contribution in [1.82, 2.24) is 5.32 Å². The van der Waals surface area contributed by atoms with Crippen molar-refractivity contribution >= 4 is 34.1 Å². The summed E-state index contributed by atoms with van der Waals surface area (Å²) in [6.07, 6.45) is 2.54. The molecule has 0 spiro atoms. The summed E-state index contributed by atoms with van der Waals surface area (Å²) in [7, 11) is 0. The fourth-order valence-electron chi connectivity index (χ4n) is 3.84. The fraction of sp³-hybridized carbons (Fsp3) is 0.250. The quantitative estimate of drug-likeness (QED) is 0.663. The Morgan fingerprint density at radius 3 is 2.72 bits per heavy atom. The number of nitrogens with one attached hydrogen (secondary N) is 2. The number of piperidine rings is 1. The predicted octanol–water partition coefficient (Wildman–Crippen LogP) is 4.99. The van der Waals surface area contributed by atoms with E-state index >= 15 is 0 Å². The van der Waals surface area contributed by atoms with E-state index in [-0.39, 0.29) is 11.9 Å². The number of anilines is 2. The van der Waals surface area contributed by atoms with Gasteiger partial charge in [0.1, 0.15) is 0 Å². The van der Waals surface area contributed by atoms with Crippen LogP contribution >= 0.6 is 0 Å². The molecule has 2 N–H and O–H groups in total. The van der Waals surface area contributed by atoms with Gasteiger partial charge in [-0.25, -0.2) is 4.79 Å². The zero-order valence-corrected chi connectivity index (χ0v) is 16.6. The molecule has 29 heavy (non-hydrogen) atoms. The lowest BCUT2D eigenvalue weighted by molar-refractivity contribution is -0.119. The monoisotopic (exact) mass is 387 g/mol. The molecule has 148 valence electrons. The van der Waals surface area contributed by atoms with Crippen LogP contribution in [0.4, 0.5) is 16.2 Å². The van der Waals surface area contributed by atoms with Crippen molar-refractivity contribution < 1.29 is 9.59 Å². The van der Waals surface area contributed by atoms with Crippen molar-refractivity contribution in [2.75, 3.05) is 16.8 Å². The standard InChI is InChI=1S/C24H25N3O2/c1-17-12-13-20(15-22(17)27-14-5-4-11-23(27)28)26-24(29)25-16-19-9-6-8-18-7-2-3-10-21(18)19/h2-3,6-10,12-13,15H,4-5,11,14,16H2,1H3,(H2,25,26,29). The number of amides is 3. The van der Waals surface area contributed by atoms with E-state index in [0.29, 0.717) is 18.7 Å². The van der Waals surface area contributed by atoms with Gasteiger partial charge in [-0.15, -0.1) is 0 Å². The molecule has 0 unspecified atom stereocenters. The maximum Gasteiger partial charge on any atom is 0.319 e. The topological polar surface area (TPSA) is 61.4 Å². The molecule has 1 aliphatic rings. The summed E-state index contributed by atoms with van der Waals surface area (Å²) in [6, 6.07) is 19.6. The van der Waals surface area contributed by atoms with Gasteiger partial charge in [0.05, 0.1) is 0 Å². The lowest BCUT2D eigenvalue weighted by atomic mass is 10.0. The largest absolute Gasteiger partial charge is 0.334 e. The van der Waals surface area contributed by atoms with Crippen LogP contribution < -0.4 is 15.5 Å². The van der Waals surface area contributed by atoms with Crippen LogP contribution in [-0.2, 0) is 11.3 Å².